The Morgan fingerprint density at radius 2 is 1.90 bits per heavy atom. The Morgan fingerprint density at radius 1 is 1.17 bits per heavy atom. The van der Waals surface area contributed by atoms with Gasteiger partial charge in [-0.3, -0.25) is 4.79 Å². The summed E-state index contributed by atoms with van der Waals surface area (Å²) in [7, 11) is 1.52. The van der Waals surface area contributed by atoms with Crippen molar-refractivity contribution in [3.8, 4) is 11.1 Å². The van der Waals surface area contributed by atoms with Crippen LogP contribution in [0.1, 0.15) is 11.1 Å². The number of halogens is 2. The topological polar surface area (TPSA) is 95.1 Å². The molecule has 3 rings (SSSR count). The molecule has 0 aliphatic carbocycles. The summed E-state index contributed by atoms with van der Waals surface area (Å²) in [6, 6.07) is 15.6. The first-order valence-electron chi connectivity index (χ1n) is 8.69. The number of carbonyl (C=O) groups excluding carboxylic acids is 1. The van der Waals surface area contributed by atoms with Crippen LogP contribution in [0.25, 0.3) is 11.1 Å². The van der Waals surface area contributed by atoms with Crippen molar-refractivity contribution in [2.45, 2.75) is 19.1 Å². The summed E-state index contributed by atoms with van der Waals surface area (Å²) >= 11 is 0. The summed E-state index contributed by atoms with van der Waals surface area (Å²) in [6.07, 6.45) is 3.22. The Morgan fingerprint density at radius 3 is 2.55 bits per heavy atom. The predicted molar refractivity (Wildman–Crippen MR) is 117 cm³/mol. The summed E-state index contributed by atoms with van der Waals surface area (Å²) in [6.45, 7) is 1.28. The van der Waals surface area contributed by atoms with Gasteiger partial charge < -0.3 is 15.8 Å². The molecular weight excluding hydrogens is 413 g/mol. The highest BCUT2D eigenvalue weighted by atomic mass is 35.5. The van der Waals surface area contributed by atoms with E-state index >= 15 is 0 Å². The second-order valence-corrected chi connectivity index (χ2v) is 6.23. The minimum atomic E-state index is -0.668. The van der Waals surface area contributed by atoms with Crippen LogP contribution in [-0.4, -0.2) is 40.4 Å². The Bertz CT molecular complexity index is 873. The van der Waals surface area contributed by atoms with Crippen molar-refractivity contribution in [2.75, 3.05) is 13.7 Å². The number of aromatic nitrogens is 3. The molecule has 1 heterocycles. The first-order valence-corrected chi connectivity index (χ1v) is 8.69. The number of carbonyl (C=O) groups is 1. The molecule has 0 fully saturated rings. The first kappa shape index (κ1) is 24.6. The summed E-state index contributed by atoms with van der Waals surface area (Å²) in [5.74, 6) is -0.227. The van der Waals surface area contributed by atoms with E-state index in [0.717, 1.165) is 22.3 Å². The van der Waals surface area contributed by atoms with Crippen molar-refractivity contribution in [3.63, 3.8) is 0 Å². The highest BCUT2D eigenvalue weighted by Gasteiger charge is 2.13. The smallest absolute Gasteiger partial charge is 0.239 e. The second-order valence-electron chi connectivity index (χ2n) is 6.23. The van der Waals surface area contributed by atoms with Crippen LogP contribution in [0.2, 0.25) is 0 Å². The summed E-state index contributed by atoms with van der Waals surface area (Å²) < 4.78 is 6.70. The minimum Gasteiger partial charge on any atom is -0.383 e. The summed E-state index contributed by atoms with van der Waals surface area (Å²) in [4.78, 5) is 16.0. The van der Waals surface area contributed by atoms with Crippen molar-refractivity contribution in [1.29, 1.82) is 0 Å². The van der Waals surface area contributed by atoms with Gasteiger partial charge in [0.15, 0.2) is 0 Å². The Kier molecular flexibility index (Phi) is 10.3. The molecule has 0 aliphatic heterocycles. The van der Waals surface area contributed by atoms with Gasteiger partial charge in [0.1, 0.15) is 18.7 Å². The van der Waals surface area contributed by atoms with Crippen LogP contribution in [0, 0.1) is 0 Å². The highest BCUT2D eigenvalue weighted by molar-refractivity contribution is 5.85. The molecule has 3 aromatic rings. The molecule has 0 aliphatic rings. The highest BCUT2D eigenvalue weighted by Crippen LogP contribution is 2.24. The van der Waals surface area contributed by atoms with Gasteiger partial charge in [-0.2, -0.15) is 5.10 Å². The molecule has 0 bridgehead atoms. The van der Waals surface area contributed by atoms with Gasteiger partial charge in [-0.25, -0.2) is 9.67 Å². The monoisotopic (exact) mass is 437 g/mol. The van der Waals surface area contributed by atoms with Gasteiger partial charge in [-0.05, 0) is 22.3 Å². The van der Waals surface area contributed by atoms with Gasteiger partial charge in [0.05, 0.1) is 13.2 Å². The second kappa shape index (κ2) is 12.2. The lowest BCUT2D eigenvalue weighted by Gasteiger charge is -2.14. The number of amides is 1. The van der Waals surface area contributed by atoms with Gasteiger partial charge in [-0.1, -0.05) is 48.5 Å². The molecule has 0 saturated heterocycles. The molecule has 1 aromatic heterocycles. The zero-order chi connectivity index (χ0) is 19.1. The van der Waals surface area contributed by atoms with E-state index in [2.05, 4.69) is 39.7 Å². The number of methoxy groups -OCH3 is 1. The molecular formula is C20H25Cl2N5O2. The zero-order valence-corrected chi connectivity index (χ0v) is 17.7. The number of nitrogens with zero attached hydrogens (tertiary/aromatic N) is 3. The van der Waals surface area contributed by atoms with E-state index in [9.17, 15) is 4.79 Å². The van der Waals surface area contributed by atoms with Gasteiger partial charge in [0.2, 0.25) is 5.91 Å². The molecule has 0 radical (unpaired) electrons. The van der Waals surface area contributed by atoms with E-state index < -0.39 is 6.04 Å². The molecule has 0 saturated carbocycles. The van der Waals surface area contributed by atoms with E-state index in [-0.39, 0.29) is 37.3 Å². The molecule has 2 aromatic carbocycles. The fourth-order valence-corrected chi connectivity index (χ4v) is 2.82. The normalized spacial score (nSPS) is 11.1. The van der Waals surface area contributed by atoms with Gasteiger partial charge in [0, 0.05) is 13.7 Å². The zero-order valence-electron chi connectivity index (χ0n) is 16.0. The molecule has 1 unspecified atom stereocenters. The molecule has 1 atom stereocenters. The summed E-state index contributed by atoms with van der Waals surface area (Å²) in [5.41, 5.74) is 10.1. The standard InChI is InChI=1S/C20H23N5O2.2ClH/c1-27-12-19(21)20(26)23-10-17-4-2-3-5-18(17)16-8-6-15(7-9-16)11-25-14-22-13-24-25;;/h2-9,13-14,19H,10-12,21H2,1H3,(H,23,26);2*1H. The first-order chi connectivity index (χ1) is 13.2. The number of nitrogens with two attached hydrogens (primary N) is 1. The quantitative estimate of drug-likeness (QED) is 0.563. The average Bonchev–Trinajstić information content (AvgIpc) is 3.20. The van der Waals surface area contributed by atoms with Crippen molar-refractivity contribution in [3.05, 3.63) is 72.3 Å². The largest absolute Gasteiger partial charge is 0.383 e. The molecule has 29 heavy (non-hydrogen) atoms. The molecule has 9 heteroatoms. The molecule has 1 amide bonds. The van der Waals surface area contributed by atoms with Crippen LogP contribution in [0.4, 0.5) is 0 Å². The van der Waals surface area contributed by atoms with Crippen molar-refractivity contribution in [1.82, 2.24) is 20.1 Å². The number of ether oxygens (including phenoxy) is 1. The van der Waals surface area contributed by atoms with Crippen molar-refractivity contribution >= 4 is 30.7 Å². The number of nitrogens with one attached hydrogen (secondary N) is 1. The molecule has 0 spiro atoms. The van der Waals surface area contributed by atoms with Gasteiger partial charge in [-0.15, -0.1) is 24.8 Å². The van der Waals surface area contributed by atoms with E-state index in [1.807, 2.05) is 24.3 Å². The molecule has 156 valence electrons. The van der Waals surface area contributed by atoms with Gasteiger partial charge >= 0.3 is 0 Å². The number of benzene rings is 2. The maximum Gasteiger partial charge on any atom is 0.239 e. The van der Waals surface area contributed by atoms with Crippen molar-refractivity contribution in [2.24, 2.45) is 5.73 Å². The van der Waals surface area contributed by atoms with Crippen LogP contribution >= 0.6 is 24.8 Å². The number of hydrogen-bond donors (Lipinski definition) is 2. The Labute approximate surface area is 182 Å². The number of rotatable bonds is 8. The molecule has 3 N–H and O–H groups in total. The fourth-order valence-electron chi connectivity index (χ4n) is 2.82. The minimum absolute atomic E-state index is 0. The van der Waals surface area contributed by atoms with Crippen LogP contribution in [0.15, 0.2) is 61.2 Å². The molecule has 7 nitrogen and oxygen atoms in total. The lowest BCUT2D eigenvalue weighted by atomic mass is 9.98. The maximum absolute atomic E-state index is 12.0. The number of hydrogen-bond acceptors (Lipinski definition) is 5. The SMILES string of the molecule is COCC(N)C(=O)NCc1ccccc1-c1ccc(Cn2cncn2)cc1.Cl.Cl. The van der Waals surface area contributed by atoms with Crippen LogP contribution in [-0.2, 0) is 22.6 Å². The van der Waals surface area contributed by atoms with Crippen LogP contribution < -0.4 is 11.1 Å². The van der Waals surface area contributed by atoms with Crippen LogP contribution in [0.3, 0.4) is 0 Å². The van der Waals surface area contributed by atoms with Crippen molar-refractivity contribution < 1.29 is 9.53 Å². The van der Waals surface area contributed by atoms with E-state index in [1.54, 1.807) is 11.0 Å². The lowest BCUT2D eigenvalue weighted by Crippen LogP contribution is -2.43. The van der Waals surface area contributed by atoms with E-state index in [0.29, 0.717) is 13.1 Å². The lowest BCUT2D eigenvalue weighted by molar-refractivity contribution is -0.123. The fraction of sp³-hybridized carbons (Fsp3) is 0.250. The Hall–Kier alpha value is -2.45. The van der Waals surface area contributed by atoms with Gasteiger partial charge in [0.25, 0.3) is 0 Å². The van der Waals surface area contributed by atoms with E-state index in [1.165, 1.54) is 13.4 Å². The Balaban J connectivity index is 0.00000210. The third-order valence-electron chi connectivity index (χ3n) is 4.23. The third-order valence-corrected chi connectivity index (χ3v) is 4.23. The third kappa shape index (κ3) is 6.83. The maximum atomic E-state index is 12.0. The predicted octanol–water partition coefficient (Wildman–Crippen LogP) is 2.43. The van der Waals surface area contributed by atoms with Crippen LogP contribution in [0.5, 0.6) is 0 Å². The van der Waals surface area contributed by atoms with E-state index in [4.69, 9.17) is 10.5 Å². The average molecular weight is 438 g/mol. The summed E-state index contributed by atoms with van der Waals surface area (Å²) in [5, 5.41) is 6.99.